The molecule has 2 saturated carbocycles. The van der Waals surface area contributed by atoms with Gasteiger partial charge in [-0.15, -0.1) is 0 Å². The topological polar surface area (TPSA) is 17.1 Å². The molecular formula is C20H30O. The van der Waals surface area contributed by atoms with Crippen LogP contribution in [0.15, 0.2) is 11.1 Å². The van der Waals surface area contributed by atoms with E-state index in [0.29, 0.717) is 22.5 Å². The number of allylic oxidation sites excluding steroid dienone is 2. The fraction of sp³-hybridized carbons (Fsp3) is 0.850. The first-order valence-corrected chi connectivity index (χ1v) is 9.16. The summed E-state index contributed by atoms with van der Waals surface area (Å²) < 4.78 is 0. The maximum Gasteiger partial charge on any atom is 0.133 e. The number of ketones is 1. The molecular weight excluding hydrogens is 256 g/mol. The normalized spacial score (nSPS) is 45.1. The molecule has 0 saturated heterocycles. The van der Waals surface area contributed by atoms with Crippen LogP contribution >= 0.6 is 0 Å². The zero-order valence-electron chi connectivity index (χ0n) is 14.0. The summed E-state index contributed by atoms with van der Waals surface area (Å²) in [5.41, 5.74) is 4.63. The van der Waals surface area contributed by atoms with Gasteiger partial charge in [-0.05, 0) is 73.5 Å². The Labute approximate surface area is 129 Å². The second-order valence-electron chi connectivity index (χ2n) is 9.16. The monoisotopic (exact) mass is 286 g/mol. The van der Waals surface area contributed by atoms with E-state index < -0.39 is 0 Å². The third-order valence-corrected chi connectivity index (χ3v) is 7.88. The molecule has 0 N–H and O–H groups in total. The Morgan fingerprint density at radius 3 is 2.57 bits per heavy atom. The maximum atomic E-state index is 11.9. The van der Waals surface area contributed by atoms with Crippen LogP contribution in [0.3, 0.4) is 0 Å². The molecule has 21 heavy (non-hydrogen) atoms. The molecule has 0 unspecified atom stereocenters. The van der Waals surface area contributed by atoms with Crippen molar-refractivity contribution < 1.29 is 4.79 Å². The average Bonchev–Trinajstić information content (AvgIpc) is 2.76. The van der Waals surface area contributed by atoms with E-state index in [1.165, 1.54) is 44.9 Å². The number of fused-ring (bicyclic) bond motifs is 4. The lowest BCUT2D eigenvalue weighted by Crippen LogP contribution is -2.48. The van der Waals surface area contributed by atoms with Crippen molar-refractivity contribution in [1.29, 1.82) is 0 Å². The molecule has 2 fully saturated rings. The van der Waals surface area contributed by atoms with Crippen LogP contribution in [0.5, 0.6) is 0 Å². The van der Waals surface area contributed by atoms with Crippen LogP contribution in [-0.2, 0) is 4.79 Å². The average molecular weight is 286 g/mol. The van der Waals surface area contributed by atoms with Gasteiger partial charge in [0, 0.05) is 12.8 Å². The predicted octanol–water partition coefficient (Wildman–Crippen LogP) is 5.30. The van der Waals surface area contributed by atoms with Crippen molar-refractivity contribution >= 4 is 5.78 Å². The minimum Gasteiger partial charge on any atom is -0.300 e. The van der Waals surface area contributed by atoms with Crippen LogP contribution in [0.1, 0.15) is 78.6 Å². The quantitative estimate of drug-likeness (QED) is 0.552. The van der Waals surface area contributed by atoms with Crippen LogP contribution in [0, 0.1) is 28.6 Å². The first-order chi connectivity index (χ1) is 9.92. The molecule has 0 amide bonds. The molecule has 0 aromatic carbocycles. The fourth-order valence-electron chi connectivity index (χ4n) is 6.52. The van der Waals surface area contributed by atoms with E-state index in [1.54, 1.807) is 0 Å². The summed E-state index contributed by atoms with van der Waals surface area (Å²) in [6, 6.07) is 0. The number of hydrogen-bond donors (Lipinski definition) is 0. The summed E-state index contributed by atoms with van der Waals surface area (Å²) in [7, 11) is 0. The van der Waals surface area contributed by atoms with Gasteiger partial charge in [-0.1, -0.05) is 31.9 Å². The number of carbonyl (C=O) groups is 1. The van der Waals surface area contributed by atoms with Crippen molar-refractivity contribution in [3.05, 3.63) is 11.1 Å². The SMILES string of the molecule is CC1(C)CCC2=C1CC[C@H]1[C@@H]2CC[C@H]2CC(=O)CC[C@@]21C. The van der Waals surface area contributed by atoms with Gasteiger partial charge in [0.15, 0.2) is 0 Å². The first kappa shape index (κ1) is 14.0. The van der Waals surface area contributed by atoms with Crippen molar-refractivity contribution in [2.45, 2.75) is 78.6 Å². The highest BCUT2D eigenvalue weighted by Crippen LogP contribution is 2.63. The van der Waals surface area contributed by atoms with Crippen molar-refractivity contribution in [2.75, 3.05) is 0 Å². The van der Waals surface area contributed by atoms with Gasteiger partial charge in [-0.3, -0.25) is 4.79 Å². The minimum absolute atomic E-state index is 0.460. The van der Waals surface area contributed by atoms with Crippen molar-refractivity contribution in [1.82, 2.24) is 0 Å². The highest BCUT2D eigenvalue weighted by atomic mass is 16.1. The first-order valence-electron chi connectivity index (χ1n) is 9.16. The lowest BCUT2D eigenvalue weighted by molar-refractivity contribution is -0.129. The van der Waals surface area contributed by atoms with Gasteiger partial charge in [0.05, 0.1) is 0 Å². The van der Waals surface area contributed by atoms with Crippen molar-refractivity contribution in [3.8, 4) is 0 Å². The Morgan fingerprint density at radius 2 is 1.76 bits per heavy atom. The van der Waals surface area contributed by atoms with Crippen LogP contribution in [0.2, 0.25) is 0 Å². The molecule has 4 aliphatic carbocycles. The Hall–Kier alpha value is -0.590. The largest absolute Gasteiger partial charge is 0.300 e. The van der Waals surface area contributed by atoms with Gasteiger partial charge >= 0.3 is 0 Å². The zero-order valence-corrected chi connectivity index (χ0v) is 14.0. The lowest BCUT2D eigenvalue weighted by atomic mass is 9.49. The van der Waals surface area contributed by atoms with Gasteiger partial charge < -0.3 is 0 Å². The van der Waals surface area contributed by atoms with E-state index in [0.717, 1.165) is 24.7 Å². The number of carbonyl (C=O) groups excluding carboxylic acids is 1. The molecule has 4 rings (SSSR count). The van der Waals surface area contributed by atoms with Crippen molar-refractivity contribution in [2.24, 2.45) is 28.6 Å². The number of Topliss-reactive ketones (excluding diaryl/α,β-unsaturated/α-hetero) is 1. The van der Waals surface area contributed by atoms with Gasteiger partial charge in [-0.2, -0.15) is 0 Å². The summed E-state index contributed by atoms with van der Waals surface area (Å²) in [6.07, 6.45) is 11.1. The summed E-state index contributed by atoms with van der Waals surface area (Å²) >= 11 is 0. The second kappa shape index (κ2) is 4.46. The number of rotatable bonds is 0. The van der Waals surface area contributed by atoms with Crippen molar-refractivity contribution in [3.63, 3.8) is 0 Å². The molecule has 0 heterocycles. The second-order valence-corrected chi connectivity index (χ2v) is 9.16. The van der Waals surface area contributed by atoms with Gasteiger partial charge in [0.25, 0.3) is 0 Å². The Bertz CT molecular complexity index is 512. The summed E-state index contributed by atoms with van der Waals surface area (Å²) in [5.74, 6) is 2.96. The van der Waals surface area contributed by atoms with E-state index in [2.05, 4.69) is 20.8 Å². The van der Waals surface area contributed by atoms with Gasteiger partial charge in [-0.25, -0.2) is 0 Å². The van der Waals surface area contributed by atoms with E-state index in [-0.39, 0.29) is 0 Å². The summed E-state index contributed by atoms with van der Waals surface area (Å²) in [4.78, 5) is 11.9. The molecule has 1 heteroatoms. The smallest absolute Gasteiger partial charge is 0.133 e. The third-order valence-electron chi connectivity index (χ3n) is 7.88. The highest BCUT2D eigenvalue weighted by Gasteiger charge is 2.53. The molecule has 116 valence electrons. The standard InChI is InChI=1S/C20H30O/c1-19(2)10-9-16-15-5-4-13-12-14(21)8-11-20(13,3)18(15)7-6-17(16)19/h13,15,18H,4-12H2,1-3H3/t13-,15+,18-,20-/m0/s1. The molecule has 1 nitrogen and oxygen atoms in total. The Balaban J connectivity index is 1.68. The Kier molecular flexibility index (Phi) is 2.98. The zero-order chi connectivity index (χ0) is 14.8. The van der Waals surface area contributed by atoms with E-state index >= 15 is 0 Å². The molecule has 4 aliphatic rings. The molecule has 4 atom stereocenters. The maximum absolute atomic E-state index is 11.9. The molecule has 0 radical (unpaired) electrons. The van der Waals surface area contributed by atoms with E-state index in [1.807, 2.05) is 11.1 Å². The van der Waals surface area contributed by atoms with Crippen LogP contribution < -0.4 is 0 Å². The Morgan fingerprint density at radius 1 is 0.952 bits per heavy atom. The van der Waals surface area contributed by atoms with Crippen LogP contribution in [0.25, 0.3) is 0 Å². The molecule has 0 aliphatic heterocycles. The molecule has 0 aromatic heterocycles. The molecule has 0 spiro atoms. The lowest BCUT2D eigenvalue weighted by Gasteiger charge is -2.55. The van der Waals surface area contributed by atoms with Crippen LogP contribution in [-0.4, -0.2) is 5.78 Å². The summed E-state index contributed by atoms with van der Waals surface area (Å²) in [6.45, 7) is 7.46. The van der Waals surface area contributed by atoms with Gasteiger partial charge in [0.2, 0.25) is 0 Å². The highest BCUT2D eigenvalue weighted by molar-refractivity contribution is 5.79. The van der Waals surface area contributed by atoms with Crippen LogP contribution in [0.4, 0.5) is 0 Å². The minimum atomic E-state index is 0.460. The summed E-state index contributed by atoms with van der Waals surface area (Å²) in [5, 5.41) is 0. The van der Waals surface area contributed by atoms with Gasteiger partial charge in [0.1, 0.15) is 5.78 Å². The van der Waals surface area contributed by atoms with E-state index in [4.69, 9.17) is 0 Å². The van der Waals surface area contributed by atoms with E-state index in [9.17, 15) is 4.79 Å². The fourth-order valence-corrected chi connectivity index (χ4v) is 6.52. The third kappa shape index (κ3) is 1.92. The number of hydrogen-bond acceptors (Lipinski definition) is 1. The predicted molar refractivity (Wildman–Crippen MR) is 85.9 cm³/mol. The molecule has 0 bridgehead atoms. The molecule has 0 aromatic rings.